The van der Waals surface area contributed by atoms with E-state index in [-0.39, 0.29) is 21.2 Å². The molecule has 0 radical (unpaired) electrons. The minimum absolute atomic E-state index is 0.134. The number of hydrogen-bond acceptors (Lipinski definition) is 6. The summed E-state index contributed by atoms with van der Waals surface area (Å²) >= 11 is 0. The van der Waals surface area contributed by atoms with Crippen LogP contribution in [0.3, 0.4) is 0 Å². The molecule has 2 rings (SSSR count). The predicted molar refractivity (Wildman–Crippen MR) is 94.2 cm³/mol. The minimum atomic E-state index is -3.60. The largest absolute Gasteiger partial charge is 0.320 e. The molecular formula is C16H18N2O5S2. The van der Waals surface area contributed by atoms with Crippen LogP contribution in [0.2, 0.25) is 0 Å². The summed E-state index contributed by atoms with van der Waals surface area (Å²) in [4.78, 5) is 16.4. The highest BCUT2D eigenvalue weighted by Gasteiger charge is 2.22. The molecule has 1 amide bonds. The van der Waals surface area contributed by atoms with E-state index in [1.807, 2.05) is 0 Å². The lowest BCUT2D eigenvalue weighted by molar-refractivity contribution is 0.101. The van der Waals surface area contributed by atoms with Crippen molar-refractivity contribution in [2.45, 2.75) is 23.6 Å². The summed E-state index contributed by atoms with van der Waals surface area (Å²) in [6.07, 6.45) is 2.43. The van der Waals surface area contributed by atoms with Gasteiger partial charge in [-0.3, -0.25) is 4.79 Å². The van der Waals surface area contributed by atoms with Crippen molar-refractivity contribution in [3.05, 3.63) is 47.8 Å². The van der Waals surface area contributed by atoms with E-state index in [2.05, 4.69) is 10.3 Å². The summed E-state index contributed by atoms with van der Waals surface area (Å²) in [7, 11) is -6.96. The van der Waals surface area contributed by atoms with Crippen molar-refractivity contribution in [2.75, 3.05) is 17.3 Å². The van der Waals surface area contributed by atoms with E-state index in [0.29, 0.717) is 11.3 Å². The van der Waals surface area contributed by atoms with Gasteiger partial charge in [-0.25, -0.2) is 21.8 Å². The number of amides is 1. The number of nitrogens with one attached hydrogen (secondary N) is 1. The molecule has 0 aliphatic heterocycles. The van der Waals surface area contributed by atoms with Gasteiger partial charge >= 0.3 is 0 Å². The predicted octanol–water partition coefficient (Wildman–Crippen LogP) is 1.84. The third kappa shape index (κ3) is 4.23. The molecule has 0 saturated heterocycles. The molecule has 0 atom stereocenters. The Kier molecular flexibility index (Phi) is 5.28. The fraction of sp³-hybridized carbons (Fsp3) is 0.250. The van der Waals surface area contributed by atoms with Crippen molar-refractivity contribution in [1.29, 1.82) is 0 Å². The molecule has 7 nitrogen and oxygen atoms in total. The lowest BCUT2D eigenvalue weighted by Crippen LogP contribution is -2.19. The van der Waals surface area contributed by atoms with Crippen molar-refractivity contribution < 1.29 is 21.6 Å². The number of sulfone groups is 2. The van der Waals surface area contributed by atoms with Crippen LogP contribution in [0, 0.1) is 6.92 Å². The van der Waals surface area contributed by atoms with E-state index in [1.54, 1.807) is 6.92 Å². The summed E-state index contributed by atoms with van der Waals surface area (Å²) in [6.45, 7) is 3.13. The average Bonchev–Trinajstić information content (AvgIpc) is 2.55. The molecule has 0 saturated carbocycles. The van der Waals surface area contributed by atoms with E-state index in [4.69, 9.17) is 0 Å². The van der Waals surface area contributed by atoms with Crippen molar-refractivity contribution in [1.82, 2.24) is 4.98 Å². The number of anilines is 1. The molecule has 1 aromatic carbocycles. The first-order chi connectivity index (χ1) is 11.6. The maximum absolute atomic E-state index is 12.5. The lowest BCUT2D eigenvalue weighted by Gasteiger charge is -2.11. The van der Waals surface area contributed by atoms with E-state index in [9.17, 15) is 21.6 Å². The molecule has 1 N–H and O–H groups in total. The topological polar surface area (TPSA) is 110 Å². The smallest absolute Gasteiger partial charge is 0.275 e. The van der Waals surface area contributed by atoms with E-state index < -0.39 is 25.6 Å². The van der Waals surface area contributed by atoms with Crippen LogP contribution < -0.4 is 5.32 Å². The molecule has 0 aliphatic rings. The molecule has 1 aromatic heterocycles. The number of aromatic nitrogens is 1. The third-order valence-corrected chi connectivity index (χ3v) is 6.44. The Bertz CT molecular complexity index is 1030. The highest BCUT2D eigenvalue weighted by Crippen LogP contribution is 2.22. The number of benzene rings is 1. The van der Waals surface area contributed by atoms with Crippen molar-refractivity contribution >= 4 is 31.3 Å². The molecule has 0 unspecified atom stereocenters. The van der Waals surface area contributed by atoms with Crippen molar-refractivity contribution in [3.8, 4) is 0 Å². The summed E-state index contributed by atoms with van der Waals surface area (Å²) in [5, 5.41) is 2.58. The van der Waals surface area contributed by atoms with Gasteiger partial charge in [-0.15, -0.1) is 0 Å². The molecular weight excluding hydrogens is 364 g/mol. The zero-order valence-corrected chi connectivity index (χ0v) is 15.6. The van der Waals surface area contributed by atoms with Gasteiger partial charge in [-0.05, 0) is 42.8 Å². The van der Waals surface area contributed by atoms with Crippen LogP contribution in [-0.4, -0.2) is 39.7 Å². The Morgan fingerprint density at radius 1 is 1.16 bits per heavy atom. The lowest BCUT2D eigenvalue weighted by atomic mass is 10.2. The van der Waals surface area contributed by atoms with Crippen LogP contribution in [-0.2, 0) is 19.7 Å². The quantitative estimate of drug-likeness (QED) is 0.845. The second-order valence-corrected chi connectivity index (χ2v) is 9.72. The molecule has 2 aromatic rings. The normalized spacial score (nSPS) is 12.0. The van der Waals surface area contributed by atoms with Crippen LogP contribution in [0.5, 0.6) is 0 Å². The van der Waals surface area contributed by atoms with Gasteiger partial charge in [0.05, 0.1) is 15.5 Å². The van der Waals surface area contributed by atoms with Gasteiger partial charge in [0.2, 0.25) is 0 Å². The van der Waals surface area contributed by atoms with E-state index in [0.717, 1.165) is 6.26 Å². The Balaban J connectivity index is 2.39. The number of nitrogens with zero attached hydrogens (tertiary/aromatic N) is 1. The highest BCUT2D eigenvalue weighted by molar-refractivity contribution is 7.91. The molecule has 0 aliphatic carbocycles. The van der Waals surface area contributed by atoms with Gasteiger partial charge in [0.25, 0.3) is 5.91 Å². The Labute approximate surface area is 146 Å². The first-order valence-corrected chi connectivity index (χ1v) is 10.9. The second kappa shape index (κ2) is 6.93. The maximum Gasteiger partial charge on any atom is 0.275 e. The van der Waals surface area contributed by atoms with Crippen molar-refractivity contribution in [2.24, 2.45) is 0 Å². The summed E-state index contributed by atoms with van der Waals surface area (Å²) in [6, 6.07) is 7.06. The third-order valence-electron chi connectivity index (χ3n) is 3.58. The average molecular weight is 382 g/mol. The standard InChI is InChI=1S/C16H18N2O5S2/c1-4-25(22,23)14-6-5-9-17-15(14)16(19)18-13-8-7-12(10-11(13)2)24(3,20)21/h5-10H,4H2,1-3H3,(H,18,19). The SMILES string of the molecule is CCS(=O)(=O)c1cccnc1C(=O)Nc1ccc(S(C)(=O)=O)cc1C. The van der Waals surface area contributed by atoms with Crippen LogP contribution in [0.15, 0.2) is 46.3 Å². The van der Waals surface area contributed by atoms with Crippen LogP contribution in [0.4, 0.5) is 5.69 Å². The molecule has 0 bridgehead atoms. The highest BCUT2D eigenvalue weighted by atomic mass is 32.2. The van der Waals surface area contributed by atoms with Crippen LogP contribution >= 0.6 is 0 Å². The number of rotatable bonds is 5. The maximum atomic E-state index is 12.5. The van der Waals surface area contributed by atoms with E-state index in [1.165, 1.54) is 43.5 Å². The summed E-state index contributed by atoms with van der Waals surface area (Å²) in [5.74, 6) is -0.830. The van der Waals surface area contributed by atoms with Gasteiger partial charge in [0.1, 0.15) is 5.69 Å². The van der Waals surface area contributed by atoms with Crippen molar-refractivity contribution in [3.63, 3.8) is 0 Å². The molecule has 9 heteroatoms. The zero-order chi connectivity index (χ0) is 18.8. The number of pyridine rings is 1. The second-order valence-electron chi connectivity index (χ2n) is 5.46. The van der Waals surface area contributed by atoms with E-state index >= 15 is 0 Å². The first-order valence-electron chi connectivity index (χ1n) is 7.36. The fourth-order valence-electron chi connectivity index (χ4n) is 2.16. The summed E-state index contributed by atoms with van der Waals surface area (Å²) in [5.41, 5.74) is 0.714. The summed E-state index contributed by atoms with van der Waals surface area (Å²) < 4.78 is 47.4. The van der Waals surface area contributed by atoms with Gasteiger partial charge in [-0.1, -0.05) is 6.92 Å². The Hall–Kier alpha value is -2.26. The number of carbonyl (C=O) groups is 1. The monoisotopic (exact) mass is 382 g/mol. The Morgan fingerprint density at radius 3 is 2.40 bits per heavy atom. The molecule has 134 valence electrons. The van der Waals surface area contributed by atoms with Crippen LogP contribution in [0.1, 0.15) is 23.0 Å². The molecule has 1 heterocycles. The number of hydrogen-bond donors (Lipinski definition) is 1. The number of aryl methyl sites for hydroxylation is 1. The molecule has 0 fully saturated rings. The molecule has 0 spiro atoms. The fourth-order valence-corrected chi connectivity index (χ4v) is 3.90. The Morgan fingerprint density at radius 2 is 1.84 bits per heavy atom. The minimum Gasteiger partial charge on any atom is -0.320 e. The van der Waals surface area contributed by atoms with Gasteiger partial charge in [0, 0.05) is 18.1 Å². The van der Waals surface area contributed by atoms with Gasteiger partial charge < -0.3 is 5.32 Å². The molecule has 25 heavy (non-hydrogen) atoms. The van der Waals surface area contributed by atoms with Gasteiger partial charge in [0.15, 0.2) is 19.7 Å². The first kappa shape index (κ1) is 19.1. The van der Waals surface area contributed by atoms with Gasteiger partial charge in [-0.2, -0.15) is 0 Å². The zero-order valence-electron chi connectivity index (χ0n) is 14.0. The van der Waals surface area contributed by atoms with Crippen LogP contribution in [0.25, 0.3) is 0 Å². The number of carbonyl (C=O) groups excluding carboxylic acids is 1.